The van der Waals surface area contributed by atoms with E-state index in [9.17, 15) is 4.79 Å². The third-order valence-electron chi connectivity index (χ3n) is 5.41. The second kappa shape index (κ2) is 8.26. The van der Waals surface area contributed by atoms with Crippen molar-refractivity contribution in [3.8, 4) is 6.07 Å². The number of amides is 1. The van der Waals surface area contributed by atoms with Crippen LogP contribution in [0.3, 0.4) is 0 Å². The number of carbonyl (C=O) groups is 1. The second-order valence-corrected chi connectivity index (χ2v) is 7.60. The van der Waals surface area contributed by atoms with Crippen LogP contribution >= 0.6 is 11.6 Å². The first-order valence-electron chi connectivity index (χ1n) is 9.60. The van der Waals surface area contributed by atoms with Gasteiger partial charge in [0.05, 0.1) is 28.2 Å². The molecule has 10 heteroatoms. The van der Waals surface area contributed by atoms with Gasteiger partial charge in [0.1, 0.15) is 18.2 Å². The third kappa shape index (κ3) is 3.79. The Morgan fingerprint density at radius 1 is 1.27 bits per heavy atom. The van der Waals surface area contributed by atoms with Gasteiger partial charge in [0.25, 0.3) is 0 Å². The number of halogens is 1. The first-order chi connectivity index (χ1) is 14.5. The molecule has 1 atom stereocenters. The van der Waals surface area contributed by atoms with Crippen molar-refractivity contribution in [2.45, 2.75) is 13.0 Å². The monoisotopic (exact) mass is 424 g/mol. The van der Waals surface area contributed by atoms with E-state index in [1.807, 2.05) is 20.0 Å². The van der Waals surface area contributed by atoms with Gasteiger partial charge in [0, 0.05) is 38.9 Å². The van der Waals surface area contributed by atoms with Crippen molar-refractivity contribution in [3.05, 3.63) is 41.3 Å². The van der Waals surface area contributed by atoms with Crippen LogP contribution in [0.25, 0.3) is 11.0 Å². The first-order valence-corrected chi connectivity index (χ1v) is 9.98. The highest BCUT2D eigenvalue weighted by molar-refractivity contribution is 6.32. The summed E-state index contributed by atoms with van der Waals surface area (Å²) in [7, 11) is 1.86. The zero-order valence-electron chi connectivity index (χ0n) is 16.7. The molecule has 1 aromatic carbocycles. The SMILES string of the molecule is C[C@@H](C(=O)Nc1ccc(C#N)c(Cl)c1)N1CCN(c2ncnc3c2cnn3C)CC1. The van der Waals surface area contributed by atoms with E-state index in [4.69, 9.17) is 16.9 Å². The molecule has 0 bridgehead atoms. The summed E-state index contributed by atoms with van der Waals surface area (Å²) in [5, 5.41) is 17.4. The van der Waals surface area contributed by atoms with Crippen LogP contribution in [0.2, 0.25) is 5.02 Å². The van der Waals surface area contributed by atoms with Crippen LogP contribution < -0.4 is 10.2 Å². The number of aryl methyl sites for hydroxylation is 1. The van der Waals surface area contributed by atoms with Crippen molar-refractivity contribution in [1.82, 2.24) is 24.6 Å². The predicted molar refractivity (Wildman–Crippen MR) is 114 cm³/mol. The van der Waals surface area contributed by atoms with E-state index in [0.29, 0.717) is 16.3 Å². The Morgan fingerprint density at radius 2 is 2.03 bits per heavy atom. The van der Waals surface area contributed by atoms with E-state index in [2.05, 4.69) is 30.2 Å². The molecule has 3 aromatic rings. The van der Waals surface area contributed by atoms with Crippen LogP contribution in [0.15, 0.2) is 30.7 Å². The fraction of sp³-hybridized carbons (Fsp3) is 0.350. The lowest BCUT2D eigenvalue weighted by Gasteiger charge is -2.38. The number of nitriles is 1. The summed E-state index contributed by atoms with van der Waals surface area (Å²) in [4.78, 5) is 25.8. The molecule has 2 aromatic heterocycles. The maximum atomic E-state index is 12.7. The van der Waals surface area contributed by atoms with Crippen LogP contribution in [0.1, 0.15) is 12.5 Å². The number of hydrogen-bond acceptors (Lipinski definition) is 7. The molecule has 0 saturated carbocycles. The minimum Gasteiger partial charge on any atom is -0.353 e. The zero-order valence-corrected chi connectivity index (χ0v) is 17.5. The molecule has 1 aliphatic heterocycles. The number of carbonyl (C=O) groups excluding carboxylic acids is 1. The highest BCUT2D eigenvalue weighted by Crippen LogP contribution is 2.24. The van der Waals surface area contributed by atoms with Crippen molar-refractivity contribution in [3.63, 3.8) is 0 Å². The van der Waals surface area contributed by atoms with Crippen LogP contribution in [0.5, 0.6) is 0 Å². The third-order valence-corrected chi connectivity index (χ3v) is 5.72. The average molecular weight is 425 g/mol. The lowest BCUT2D eigenvalue weighted by atomic mass is 10.2. The standard InChI is InChI=1S/C20H21ClN8O/c1-13(20(30)26-15-4-3-14(10-22)17(21)9-15)28-5-7-29(8-6-28)19-16-11-25-27(2)18(16)23-12-24-19/h3-4,9,11-13H,5-8H2,1-2H3,(H,26,30)/t13-/m0/s1. The largest absolute Gasteiger partial charge is 0.353 e. The normalized spacial score (nSPS) is 15.7. The highest BCUT2D eigenvalue weighted by atomic mass is 35.5. The van der Waals surface area contributed by atoms with E-state index in [-0.39, 0.29) is 11.9 Å². The van der Waals surface area contributed by atoms with E-state index in [1.165, 1.54) is 0 Å². The van der Waals surface area contributed by atoms with Gasteiger partial charge in [-0.05, 0) is 25.1 Å². The maximum Gasteiger partial charge on any atom is 0.241 e. The predicted octanol–water partition coefficient (Wildman–Crippen LogP) is 2.04. The number of nitrogens with zero attached hydrogens (tertiary/aromatic N) is 7. The van der Waals surface area contributed by atoms with Gasteiger partial charge in [0.2, 0.25) is 5.91 Å². The number of benzene rings is 1. The highest BCUT2D eigenvalue weighted by Gasteiger charge is 2.27. The second-order valence-electron chi connectivity index (χ2n) is 7.20. The molecule has 30 heavy (non-hydrogen) atoms. The fourth-order valence-corrected chi connectivity index (χ4v) is 3.84. The molecular formula is C20H21ClN8O. The first kappa shape index (κ1) is 20.1. The van der Waals surface area contributed by atoms with Gasteiger partial charge in [-0.2, -0.15) is 10.4 Å². The van der Waals surface area contributed by atoms with Crippen molar-refractivity contribution >= 4 is 40.0 Å². The van der Waals surface area contributed by atoms with Gasteiger partial charge in [0.15, 0.2) is 5.65 Å². The summed E-state index contributed by atoms with van der Waals surface area (Å²) in [6.45, 7) is 4.85. The van der Waals surface area contributed by atoms with E-state index < -0.39 is 0 Å². The number of nitrogens with one attached hydrogen (secondary N) is 1. The number of aromatic nitrogens is 4. The topological polar surface area (TPSA) is 103 Å². The number of piperazine rings is 1. The van der Waals surface area contributed by atoms with Gasteiger partial charge >= 0.3 is 0 Å². The molecule has 9 nitrogen and oxygen atoms in total. The fourth-order valence-electron chi connectivity index (χ4n) is 3.62. The lowest BCUT2D eigenvalue weighted by molar-refractivity contribution is -0.120. The van der Waals surface area contributed by atoms with Crippen LogP contribution in [0, 0.1) is 11.3 Å². The molecule has 1 saturated heterocycles. The summed E-state index contributed by atoms with van der Waals surface area (Å²) in [6, 6.07) is 6.58. The Balaban J connectivity index is 1.39. The number of hydrogen-bond donors (Lipinski definition) is 1. The van der Waals surface area contributed by atoms with Crippen molar-refractivity contribution in [1.29, 1.82) is 5.26 Å². The minimum absolute atomic E-state index is 0.110. The molecule has 0 radical (unpaired) electrons. The average Bonchev–Trinajstić information content (AvgIpc) is 3.14. The number of fused-ring (bicyclic) bond motifs is 1. The lowest BCUT2D eigenvalue weighted by Crippen LogP contribution is -2.53. The van der Waals surface area contributed by atoms with Gasteiger partial charge in [-0.25, -0.2) is 9.97 Å². The molecular weight excluding hydrogens is 404 g/mol. The molecule has 0 unspecified atom stereocenters. The summed E-state index contributed by atoms with van der Waals surface area (Å²) >= 11 is 6.05. The summed E-state index contributed by atoms with van der Waals surface area (Å²) in [6.07, 6.45) is 3.35. The van der Waals surface area contributed by atoms with Crippen LogP contribution in [-0.2, 0) is 11.8 Å². The Labute approximate surface area is 178 Å². The molecule has 0 spiro atoms. The van der Waals surface area contributed by atoms with E-state index in [1.54, 1.807) is 35.4 Å². The zero-order chi connectivity index (χ0) is 21.3. The van der Waals surface area contributed by atoms with Gasteiger partial charge in [-0.1, -0.05) is 11.6 Å². The summed E-state index contributed by atoms with van der Waals surface area (Å²) in [5.41, 5.74) is 1.76. The van der Waals surface area contributed by atoms with E-state index in [0.717, 1.165) is 43.0 Å². The summed E-state index contributed by atoms with van der Waals surface area (Å²) in [5.74, 6) is 0.762. The minimum atomic E-state index is -0.301. The van der Waals surface area contributed by atoms with Crippen molar-refractivity contribution < 1.29 is 4.79 Å². The Kier molecular flexibility index (Phi) is 5.53. The Hall–Kier alpha value is -3.22. The number of rotatable bonds is 4. The Bertz CT molecular complexity index is 1130. The molecule has 4 rings (SSSR count). The van der Waals surface area contributed by atoms with E-state index >= 15 is 0 Å². The molecule has 0 aliphatic carbocycles. The van der Waals surface area contributed by atoms with Gasteiger partial charge in [-0.15, -0.1) is 0 Å². The maximum absolute atomic E-state index is 12.7. The smallest absolute Gasteiger partial charge is 0.241 e. The molecule has 1 fully saturated rings. The molecule has 1 aliphatic rings. The van der Waals surface area contributed by atoms with Crippen LogP contribution in [-0.4, -0.2) is 62.8 Å². The van der Waals surface area contributed by atoms with Gasteiger partial charge in [-0.3, -0.25) is 14.4 Å². The van der Waals surface area contributed by atoms with Crippen molar-refractivity contribution in [2.24, 2.45) is 7.05 Å². The van der Waals surface area contributed by atoms with Crippen molar-refractivity contribution in [2.75, 3.05) is 36.4 Å². The molecule has 1 N–H and O–H groups in total. The summed E-state index contributed by atoms with van der Waals surface area (Å²) < 4.78 is 1.73. The van der Waals surface area contributed by atoms with Crippen LogP contribution in [0.4, 0.5) is 11.5 Å². The molecule has 1 amide bonds. The van der Waals surface area contributed by atoms with Gasteiger partial charge < -0.3 is 10.2 Å². The Morgan fingerprint density at radius 3 is 2.73 bits per heavy atom. The molecule has 154 valence electrons. The quantitative estimate of drug-likeness (QED) is 0.683. The number of anilines is 2. The molecule has 3 heterocycles.